The lowest BCUT2D eigenvalue weighted by Gasteiger charge is -2.06. The molecule has 1 N–H and O–H groups in total. The number of hydrogen-bond acceptors (Lipinski definition) is 5. The van der Waals surface area contributed by atoms with Crippen molar-refractivity contribution in [3.8, 4) is 11.8 Å². The van der Waals surface area contributed by atoms with E-state index in [9.17, 15) is 9.90 Å². The van der Waals surface area contributed by atoms with Gasteiger partial charge in [0.1, 0.15) is 11.3 Å². The van der Waals surface area contributed by atoms with E-state index in [-0.39, 0.29) is 28.4 Å². The van der Waals surface area contributed by atoms with Crippen molar-refractivity contribution in [2.24, 2.45) is 0 Å². The van der Waals surface area contributed by atoms with Crippen LogP contribution in [0.25, 0.3) is 0 Å². The maximum Gasteiger partial charge on any atom is 0.341 e. The van der Waals surface area contributed by atoms with Crippen molar-refractivity contribution in [1.29, 1.82) is 5.26 Å². The number of aromatic hydroxyl groups is 1. The van der Waals surface area contributed by atoms with Gasteiger partial charge in [-0.1, -0.05) is 0 Å². The number of phenolic OH excluding ortho intramolecular Hbond substituents is 1. The molecule has 0 aromatic heterocycles. The van der Waals surface area contributed by atoms with Gasteiger partial charge in [-0.25, -0.2) is 4.79 Å². The van der Waals surface area contributed by atoms with E-state index in [4.69, 9.17) is 10.00 Å². The molecule has 0 fully saturated rings. The number of ether oxygens (including phenoxy) is 1. The Balaban J connectivity index is 3.23. The van der Waals surface area contributed by atoms with Gasteiger partial charge in [-0.15, -0.1) is 12.6 Å². The molecule has 5 heteroatoms. The molecule has 0 saturated heterocycles. The minimum absolute atomic E-state index is 0.0408. The van der Waals surface area contributed by atoms with E-state index in [0.29, 0.717) is 0 Å². The first kappa shape index (κ1) is 11.4. The van der Waals surface area contributed by atoms with Crippen molar-refractivity contribution in [2.75, 3.05) is 6.61 Å². The lowest BCUT2D eigenvalue weighted by molar-refractivity contribution is 0.0522. The average molecular weight is 223 g/mol. The first-order valence-electron chi connectivity index (χ1n) is 4.23. The number of phenols is 1. The van der Waals surface area contributed by atoms with Gasteiger partial charge in [-0.05, 0) is 19.1 Å². The molecule has 15 heavy (non-hydrogen) atoms. The van der Waals surface area contributed by atoms with Crippen LogP contribution in [0.15, 0.2) is 17.0 Å². The Labute approximate surface area is 92.5 Å². The molecule has 0 spiro atoms. The zero-order valence-electron chi connectivity index (χ0n) is 8.02. The standard InChI is InChI=1S/C10H9NO3S/c1-2-14-10(13)7-3-6(5-11)4-8(15)9(7)12/h3-4,12,15H,2H2,1H3. The van der Waals surface area contributed by atoms with Crippen molar-refractivity contribution in [3.05, 3.63) is 23.3 Å². The topological polar surface area (TPSA) is 70.3 Å². The molecular formula is C10H9NO3S. The summed E-state index contributed by atoms with van der Waals surface area (Å²) >= 11 is 3.95. The van der Waals surface area contributed by atoms with E-state index >= 15 is 0 Å². The highest BCUT2D eigenvalue weighted by Crippen LogP contribution is 2.27. The van der Waals surface area contributed by atoms with Gasteiger partial charge < -0.3 is 9.84 Å². The fourth-order valence-electron chi connectivity index (χ4n) is 1.05. The van der Waals surface area contributed by atoms with Crippen LogP contribution in [0.2, 0.25) is 0 Å². The van der Waals surface area contributed by atoms with Crippen molar-refractivity contribution in [1.82, 2.24) is 0 Å². The number of hydrogen-bond donors (Lipinski definition) is 2. The number of carbonyl (C=O) groups is 1. The second kappa shape index (κ2) is 4.71. The van der Waals surface area contributed by atoms with Gasteiger partial charge in [0.05, 0.1) is 18.2 Å². The summed E-state index contributed by atoms with van der Waals surface area (Å²) in [6.07, 6.45) is 0. The second-order valence-electron chi connectivity index (χ2n) is 2.72. The van der Waals surface area contributed by atoms with E-state index in [0.717, 1.165) is 0 Å². The SMILES string of the molecule is CCOC(=O)c1cc(C#N)cc(S)c1O. The summed E-state index contributed by atoms with van der Waals surface area (Å²) in [5, 5.41) is 18.2. The maximum absolute atomic E-state index is 11.4. The zero-order valence-corrected chi connectivity index (χ0v) is 8.91. The summed E-state index contributed by atoms with van der Waals surface area (Å²) in [5.74, 6) is -0.932. The highest BCUT2D eigenvalue weighted by atomic mass is 32.1. The smallest absolute Gasteiger partial charge is 0.341 e. The van der Waals surface area contributed by atoms with Crippen molar-refractivity contribution in [3.63, 3.8) is 0 Å². The molecule has 0 bridgehead atoms. The predicted molar refractivity (Wildman–Crippen MR) is 56.0 cm³/mol. The van der Waals surface area contributed by atoms with Crippen LogP contribution in [0.3, 0.4) is 0 Å². The first-order valence-corrected chi connectivity index (χ1v) is 4.68. The molecule has 0 atom stereocenters. The van der Waals surface area contributed by atoms with Gasteiger partial charge in [-0.2, -0.15) is 5.26 Å². The summed E-state index contributed by atoms with van der Waals surface area (Å²) < 4.78 is 4.72. The zero-order chi connectivity index (χ0) is 11.4. The van der Waals surface area contributed by atoms with Gasteiger partial charge in [0.25, 0.3) is 0 Å². The molecule has 1 rings (SSSR count). The Bertz CT molecular complexity index is 437. The molecule has 0 radical (unpaired) electrons. The molecule has 0 saturated carbocycles. The number of benzene rings is 1. The molecule has 78 valence electrons. The molecule has 0 unspecified atom stereocenters. The second-order valence-corrected chi connectivity index (χ2v) is 3.21. The number of nitrogens with zero attached hydrogens (tertiary/aromatic N) is 1. The molecule has 1 aromatic carbocycles. The van der Waals surface area contributed by atoms with E-state index in [2.05, 4.69) is 12.6 Å². The van der Waals surface area contributed by atoms with Crippen molar-refractivity contribution >= 4 is 18.6 Å². The number of thiol groups is 1. The van der Waals surface area contributed by atoms with Crippen LogP contribution in [0.1, 0.15) is 22.8 Å². The van der Waals surface area contributed by atoms with E-state index in [1.54, 1.807) is 6.92 Å². The minimum Gasteiger partial charge on any atom is -0.506 e. The van der Waals surface area contributed by atoms with Gasteiger partial charge in [0, 0.05) is 4.90 Å². The van der Waals surface area contributed by atoms with Crippen molar-refractivity contribution in [2.45, 2.75) is 11.8 Å². The average Bonchev–Trinajstić information content (AvgIpc) is 2.22. The molecule has 0 aliphatic carbocycles. The Hall–Kier alpha value is -1.67. The van der Waals surface area contributed by atoms with Crippen LogP contribution < -0.4 is 0 Å². The fourth-order valence-corrected chi connectivity index (χ4v) is 1.31. The highest BCUT2D eigenvalue weighted by molar-refractivity contribution is 7.80. The lowest BCUT2D eigenvalue weighted by Crippen LogP contribution is -2.05. The van der Waals surface area contributed by atoms with Gasteiger partial charge >= 0.3 is 5.97 Å². The Kier molecular flexibility index (Phi) is 3.58. The monoisotopic (exact) mass is 223 g/mol. The Morgan fingerprint density at radius 1 is 1.67 bits per heavy atom. The third-order valence-electron chi connectivity index (χ3n) is 1.71. The van der Waals surface area contributed by atoms with Crippen LogP contribution in [0, 0.1) is 11.3 Å². The third-order valence-corrected chi connectivity index (χ3v) is 2.06. The molecule has 0 amide bonds. The van der Waals surface area contributed by atoms with Crippen LogP contribution in [-0.4, -0.2) is 17.7 Å². The van der Waals surface area contributed by atoms with Gasteiger partial charge in [0.15, 0.2) is 0 Å². The fraction of sp³-hybridized carbons (Fsp3) is 0.200. The van der Waals surface area contributed by atoms with Gasteiger partial charge in [-0.3, -0.25) is 0 Å². The molecular weight excluding hydrogens is 214 g/mol. The quantitative estimate of drug-likeness (QED) is 0.591. The number of carbonyl (C=O) groups excluding carboxylic acids is 1. The number of rotatable bonds is 2. The number of nitriles is 1. The third kappa shape index (κ3) is 2.42. The largest absolute Gasteiger partial charge is 0.506 e. The summed E-state index contributed by atoms with van der Waals surface area (Å²) in [6, 6.07) is 4.51. The number of esters is 1. The van der Waals surface area contributed by atoms with Gasteiger partial charge in [0.2, 0.25) is 0 Å². The summed E-state index contributed by atoms with van der Waals surface area (Å²) in [4.78, 5) is 11.5. The molecule has 0 aliphatic heterocycles. The minimum atomic E-state index is -0.664. The van der Waals surface area contributed by atoms with E-state index in [1.165, 1.54) is 12.1 Å². The van der Waals surface area contributed by atoms with Crippen LogP contribution >= 0.6 is 12.6 Å². The van der Waals surface area contributed by atoms with E-state index in [1.807, 2.05) is 6.07 Å². The first-order chi connectivity index (χ1) is 7.10. The van der Waals surface area contributed by atoms with Crippen molar-refractivity contribution < 1.29 is 14.6 Å². The van der Waals surface area contributed by atoms with E-state index < -0.39 is 5.97 Å². The van der Waals surface area contributed by atoms with Crippen LogP contribution in [0.5, 0.6) is 5.75 Å². The maximum atomic E-state index is 11.4. The Morgan fingerprint density at radius 3 is 2.87 bits per heavy atom. The predicted octanol–water partition coefficient (Wildman–Crippen LogP) is 1.73. The lowest BCUT2D eigenvalue weighted by atomic mass is 10.1. The highest BCUT2D eigenvalue weighted by Gasteiger charge is 2.15. The summed E-state index contributed by atoms with van der Waals surface area (Å²) in [6.45, 7) is 1.86. The van der Waals surface area contributed by atoms with Crippen LogP contribution in [-0.2, 0) is 4.74 Å². The summed E-state index contributed by atoms with van der Waals surface area (Å²) in [5.41, 5.74) is 0.210. The normalized spacial score (nSPS) is 9.40. The summed E-state index contributed by atoms with van der Waals surface area (Å²) in [7, 11) is 0. The van der Waals surface area contributed by atoms with Crippen LogP contribution in [0.4, 0.5) is 0 Å². The molecule has 4 nitrogen and oxygen atoms in total. The Morgan fingerprint density at radius 2 is 2.33 bits per heavy atom. The molecule has 0 heterocycles. The molecule has 0 aliphatic rings. The molecule has 1 aromatic rings.